The van der Waals surface area contributed by atoms with Crippen molar-refractivity contribution < 1.29 is 32.2 Å². The molecule has 0 radical (unpaired) electrons. The van der Waals surface area contributed by atoms with Crippen LogP contribution in [0.2, 0.25) is 0 Å². The van der Waals surface area contributed by atoms with Gasteiger partial charge in [0, 0.05) is 41.0 Å². The van der Waals surface area contributed by atoms with Crippen molar-refractivity contribution in [2.75, 3.05) is 18.2 Å². The van der Waals surface area contributed by atoms with Gasteiger partial charge in [0.1, 0.15) is 23.7 Å². The number of amides is 1. The van der Waals surface area contributed by atoms with Gasteiger partial charge in [-0.1, -0.05) is 30.3 Å². The van der Waals surface area contributed by atoms with E-state index in [1.54, 1.807) is 48.7 Å². The molecule has 0 unspecified atom stereocenters. The van der Waals surface area contributed by atoms with Gasteiger partial charge < -0.3 is 25.5 Å². The summed E-state index contributed by atoms with van der Waals surface area (Å²) in [4.78, 5) is 30.6. The average Bonchev–Trinajstić information content (AvgIpc) is 2.99. The van der Waals surface area contributed by atoms with Crippen LogP contribution < -0.4 is 21.2 Å². The van der Waals surface area contributed by atoms with Crippen LogP contribution in [0.25, 0.3) is 33.4 Å². The minimum Gasteiger partial charge on any atom is -0.504 e. The number of anilines is 2. The number of ether oxygens (including phenoxy) is 1. The van der Waals surface area contributed by atoms with E-state index in [0.29, 0.717) is 21.3 Å². The van der Waals surface area contributed by atoms with Crippen molar-refractivity contribution in [3.05, 3.63) is 113 Å². The van der Waals surface area contributed by atoms with Crippen LogP contribution in [0.3, 0.4) is 0 Å². The van der Waals surface area contributed by atoms with Crippen LogP contribution in [-0.2, 0) is 6.54 Å². The largest absolute Gasteiger partial charge is 0.504 e. The molecule has 8 nitrogen and oxygen atoms in total. The summed E-state index contributed by atoms with van der Waals surface area (Å²) >= 11 is 0. The molecule has 224 valence electrons. The van der Waals surface area contributed by atoms with Crippen LogP contribution in [0.5, 0.6) is 11.5 Å². The van der Waals surface area contributed by atoms with Gasteiger partial charge in [-0.15, -0.1) is 0 Å². The molecule has 5 aromatic rings. The normalized spacial score (nSPS) is 11.3. The molecule has 2 aromatic heterocycles. The van der Waals surface area contributed by atoms with E-state index < -0.39 is 35.4 Å². The molecule has 0 aliphatic carbocycles. The zero-order valence-electron chi connectivity index (χ0n) is 23.0. The fourth-order valence-corrected chi connectivity index (χ4v) is 4.58. The molecular weight excluding hydrogens is 580 g/mol. The molecule has 0 fully saturated rings. The number of pyridine rings is 2. The number of methoxy groups -OCH3 is 1. The number of rotatable bonds is 7. The van der Waals surface area contributed by atoms with E-state index in [0.717, 1.165) is 30.1 Å². The number of benzene rings is 3. The molecule has 0 atom stereocenters. The number of carbonyl (C=O) groups is 1. The van der Waals surface area contributed by atoms with Crippen LogP contribution in [0.15, 0.2) is 96.2 Å². The molecule has 5 rings (SSSR count). The maximum atomic E-state index is 13.4. The SMILES string of the molecule is COc1cc(-c2cnc(N)c(-c3ccc(NC(=O)c4cn(CC(F)(F)F)cc(-c5ccc(F)cc5)c4=O)cc3)c2)ccc1O. The van der Waals surface area contributed by atoms with Crippen LogP contribution in [0.1, 0.15) is 10.4 Å². The van der Waals surface area contributed by atoms with Crippen LogP contribution >= 0.6 is 0 Å². The van der Waals surface area contributed by atoms with Gasteiger partial charge in [0.05, 0.1) is 7.11 Å². The number of phenolic OH excluding ortho intramolecular Hbond substituents is 1. The molecule has 0 bridgehead atoms. The summed E-state index contributed by atoms with van der Waals surface area (Å²) in [5, 5.41) is 12.4. The van der Waals surface area contributed by atoms with Crippen molar-refractivity contribution in [1.82, 2.24) is 9.55 Å². The third-order valence-corrected chi connectivity index (χ3v) is 6.73. The van der Waals surface area contributed by atoms with Crippen LogP contribution in [-0.4, -0.2) is 33.9 Å². The number of aromatic hydroxyl groups is 1. The minimum absolute atomic E-state index is 0.0148. The first-order chi connectivity index (χ1) is 20.9. The third kappa shape index (κ3) is 6.54. The Morgan fingerprint density at radius 2 is 1.57 bits per heavy atom. The van der Waals surface area contributed by atoms with Gasteiger partial charge in [-0.2, -0.15) is 13.2 Å². The quantitative estimate of drug-likeness (QED) is 0.183. The number of halogens is 4. The lowest BCUT2D eigenvalue weighted by Gasteiger charge is -2.14. The number of hydrogen-bond acceptors (Lipinski definition) is 6. The second-order valence-electron chi connectivity index (χ2n) is 9.78. The Bertz CT molecular complexity index is 1900. The van der Waals surface area contributed by atoms with Gasteiger partial charge in [-0.3, -0.25) is 9.59 Å². The fraction of sp³-hybridized carbons (Fsp3) is 0.0938. The molecule has 2 heterocycles. The minimum atomic E-state index is -4.62. The van der Waals surface area contributed by atoms with Crippen molar-refractivity contribution in [3.8, 4) is 44.9 Å². The molecule has 0 spiro atoms. The van der Waals surface area contributed by atoms with E-state index in [4.69, 9.17) is 10.5 Å². The number of nitrogens with one attached hydrogen (secondary N) is 1. The lowest BCUT2D eigenvalue weighted by atomic mass is 10.0. The Hall–Kier alpha value is -5.65. The van der Waals surface area contributed by atoms with Gasteiger partial charge >= 0.3 is 6.18 Å². The number of nitrogens with two attached hydrogens (primary N) is 1. The Kier molecular flexibility index (Phi) is 8.08. The predicted molar refractivity (Wildman–Crippen MR) is 158 cm³/mol. The first-order valence-electron chi connectivity index (χ1n) is 13.0. The van der Waals surface area contributed by atoms with Gasteiger partial charge in [-0.25, -0.2) is 9.37 Å². The predicted octanol–water partition coefficient (Wildman–Crippen LogP) is 6.49. The lowest BCUT2D eigenvalue weighted by Crippen LogP contribution is -2.27. The molecule has 12 heteroatoms. The second kappa shape index (κ2) is 11.9. The van der Waals surface area contributed by atoms with Crippen molar-refractivity contribution >= 4 is 17.4 Å². The Labute approximate surface area is 248 Å². The molecule has 0 aliphatic rings. The van der Waals surface area contributed by atoms with E-state index in [1.165, 1.54) is 25.3 Å². The van der Waals surface area contributed by atoms with E-state index in [2.05, 4.69) is 10.3 Å². The molecule has 44 heavy (non-hydrogen) atoms. The molecule has 3 aromatic carbocycles. The zero-order chi connectivity index (χ0) is 31.6. The highest BCUT2D eigenvalue weighted by atomic mass is 19.4. The van der Waals surface area contributed by atoms with E-state index >= 15 is 0 Å². The Balaban J connectivity index is 1.43. The summed E-state index contributed by atoms with van der Waals surface area (Å²) in [5.74, 6) is -1.01. The molecule has 0 aliphatic heterocycles. The number of carbonyl (C=O) groups excluding carboxylic acids is 1. The maximum absolute atomic E-state index is 13.4. The van der Waals surface area contributed by atoms with Gasteiger partial charge in [0.15, 0.2) is 11.5 Å². The topological polar surface area (TPSA) is 119 Å². The highest BCUT2D eigenvalue weighted by Crippen LogP contribution is 2.34. The summed E-state index contributed by atoms with van der Waals surface area (Å²) in [7, 11) is 1.44. The van der Waals surface area contributed by atoms with Crippen molar-refractivity contribution in [1.29, 1.82) is 0 Å². The monoisotopic (exact) mass is 604 g/mol. The van der Waals surface area contributed by atoms with Gasteiger partial charge in [-0.05, 0) is 59.2 Å². The smallest absolute Gasteiger partial charge is 0.406 e. The summed E-state index contributed by atoms with van der Waals surface area (Å²) in [6.45, 7) is -1.44. The Morgan fingerprint density at radius 1 is 0.932 bits per heavy atom. The number of aromatic nitrogens is 2. The summed E-state index contributed by atoms with van der Waals surface area (Å²) in [5.41, 5.74) is 7.67. The second-order valence-corrected chi connectivity index (χ2v) is 9.78. The van der Waals surface area contributed by atoms with Crippen LogP contribution in [0, 0.1) is 5.82 Å². The van der Waals surface area contributed by atoms with Gasteiger partial charge in [0.2, 0.25) is 5.43 Å². The molecule has 0 saturated heterocycles. The fourth-order valence-electron chi connectivity index (χ4n) is 4.58. The van der Waals surface area contributed by atoms with Gasteiger partial charge in [0.25, 0.3) is 5.91 Å². The van der Waals surface area contributed by atoms with E-state index in [-0.39, 0.29) is 34.1 Å². The average molecular weight is 605 g/mol. The van der Waals surface area contributed by atoms with Crippen molar-refractivity contribution in [2.45, 2.75) is 12.7 Å². The lowest BCUT2D eigenvalue weighted by molar-refractivity contribution is -0.140. The summed E-state index contributed by atoms with van der Waals surface area (Å²) in [6.07, 6.45) is -1.23. The third-order valence-electron chi connectivity index (χ3n) is 6.73. The standard InChI is InChI=1S/C32H24F4N4O4/c1-44-28-13-20(6-11-27(28)41)21-12-24(30(37)38-14-21)18-4-9-23(10-5-18)39-31(43)26-16-40(17-32(34,35)36)15-25(29(26)42)19-2-7-22(33)8-3-19/h2-16,41H,17H2,1H3,(H2,37,38)(H,39,43). The number of alkyl halides is 3. The number of nitrogen functional groups attached to an aromatic ring is 1. The molecule has 0 saturated carbocycles. The van der Waals surface area contributed by atoms with E-state index in [9.17, 15) is 32.3 Å². The van der Waals surface area contributed by atoms with Crippen LogP contribution in [0.4, 0.5) is 29.1 Å². The molecular formula is C32H24F4N4O4. The first-order valence-corrected chi connectivity index (χ1v) is 13.0. The summed E-state index contributed by atoms with van der Waals surface area (Å²) in [6, 6.07) is 17.7. The number of nitrogens with zero attached hydrogens (tertiary/aromatic N) is 2. The molecule has 4 N–H and O–H groups in total. The first kappa shape index (κ1) is 29.8. The van der Waals surface area contributed by atoms with E-state index in [1.807, 2.05) is 0 Å². The number of hydrogen-bond donors (Lipinski definition) is 3. The maximum Gasteiger partial charge on any atom is 0.406 e. The van der Waals surface area contributed by atoms with Crippen molar-refractivity contribution in [3.63, 3.8) is 0 Å². The number of phenols is 1. The van der Waals surface area contributed by atoms with Crippen molar-refractivity contribution in [2.24, 2.45) is 0 Å². The highest BCUT2D eigenvalue weighted by molar-refractivity contribution is 6.04. The Morgan fingerprint density at radius 3 is 2.23 bits per heavy atom. The highest BCUT2D eigenvalue weighted by Gasteiger charge is 2.29. The zero-order valence-corrected chi connectivity index (χ0v) is 23.0. The summed E-state index contributed by atoms with van der Waals surface area (Å²) < 4.78 is 58.9. The molecule has 1 amide bonds.